The van der Waals surface area contributed by atoms with Gasteiger partial charge in [0.25, 0.3) is 0 Å². The summed E-state index contributed by atoms with van der Waals surface area (Å²) >= 11 is 0. The molecular formula is C17H25N3O2. The van der Waals surface area contributed by atoms with Crippen LogP contribution < -0.4 is 0 Å². The molecule has 2 saturated heterocycles. The van der Waals surface area contributed by atoms with Crippen molar-refractivity contribution in [3.63, 3.8) is 0 Å². The third-order valence-electron chi connectivity index (χ3n) is 4.73. The molecule has 2 aliphatic rings. The van der Waals surface area contributed by atoms with E-state index in [9.17, 15) is 9.90 Å². The SMILES string of the molecule is CN1CCN(C(C(=O)N2CC[C@@H](O)C2)c2ccccc2)CC1. The van der Waals surface area contributed by atoms with Gasteiger partial charge in [-0.2, -0.15) is 0 Å². The van der Waals surface area contributed by atoms with Crippen molar-refractivity contribution in [2.24, 2.45) is 0 Å². The van der Waals surface area contributed by atoms with Crippen LogP contribution in [0.25, 0.3) is 0 Å². The van der Waals surface area contributed by atoms with E-state index >= 15 is 0 Å². The largest absolute Gasteiger partial charge is 0.391 e. The minimum absolute atomic E-state index is 0.132. The maximum absolute atomic E-state index is 13.0. The molecule has 1 aromatic carbocycles. The van der Waals surface area contributed by atoms with Crippen molar-refractivity contribution >= 4 is 5.91 Å². The first kappa shape index (κ1) is 15.5. The molecule has 3 rings (SSSR count). The minimum atomic E-state index is -0.368. The molecule has 0 saturated carbocycles. The average Bonchev–Trinajstić information content (AvgIpc) is 2.97. The molecule has 0 aliphatic carbocycles. The number of carbonyl (C=O) groups is 1. The number of benzene rings is 1. The van der Waals surface area contributed by atoms with E-state index in [-0.39, 0.29) is 18.1 Å². The lowest BCUT2D eigenvalue weighted by atomic mass is 10.0. The normalized spacial score (nSPS) is 25.4. The topological polar surface area (TPSA) is 47.0 Å². The number of aliphatic hydroxyl groups is 1. The molecule has 2 atom stereocenters. The number of nitrogens with zero attached hydrogens (tertiary/aromatic N) is 3. The molecule has 0 aromatic heterocycles. The summed E-state index contributed by atoms with van der Waals surface area (Å²) in [7, 11) is 2.12. The monoisotopic (exact) mass is 303 g/mol. The summed E-state index contributed by atoms with van der Waals surface area (Å²) in [6.45, 7) is 4.90. The predicted molar refractivity (Wildman–Crippen MR) is 85.5 cm³/mol. The van der Waals surface area contributed by atoms with Gasteiger partial charge in [-0.05, 0) is 19.0 Å². The second kappa shape index (κ2) is 6.77. The summed E-state index contributed by atoms with van der Waals surface area (Å²) in [5, 5.41) is 9.73. The van der Waals surface area contributed by atoms with E-state index < -0.39 is 0 Å². The van der Waals surface area contributed by atoms with Gasteiger partial charge >= 0.3 is 0 Å². The van der Waals surface area contributed by atoms with Gasteiger partial charge in [-0.3, -0.25) is 9.69 Å². The van der Waals surface area contributed by atoms with E-state index in [1.165, 1.54) is 0 Å². The minimum Gasteiger partial charge on any atom is -0.391 e. The summed E-state index contributed by atoms with van der Waals surface area (Å²) in [4.78, 5) is 19.4. The first-order valence-corrected chi connectivity index (χ1v) is 8.09. The van der Waals surface area contributed by atoms with Crippen LogP contribution in [0.3, 0.4) is 0 Å². The van der Waals surface area contributed by atoms with Crippen LogP contribution in [0.15, 0.2) is 30.3 Å². The van der Waals surface area contributed by atoms with Crippen LogP contribution >= 0.6 is 0 Å². The van der Waals surface area contributed by atoms with Crippen LogP contribution in [0, 0.1) is 0 Å². The highest BCUT2D eigenvalue weighted by atomic mass is 16.3. The van der Waals surface area contributed by atoms with Gasteiger partial charge in [0.1, 0.15) is 6.04 Å². The molecule has 2 aliphatic heterocycles. The zero-order valence-electron chi connectivity index (χ0n) is 13.2. The van der Waals surface area contributed by atoms with Gasteiger partial charge in [-0.25, -0.2) is 0 Å². The average molecular weight is 303 g/mol. The highest BCUT2D eigenvalue weighted by Crippen LogP contribution is 2.26. The number of amides is 1. The predicted octanol–water partition coefficient (Wildman–Crippen LogP) is 0.568. The molecule has 0 radical (unpaired) electrons. The Hall–Kier alpha value is -1.43. The molecule has 1 aromatic rings. The van der Waals surface area contributed by atoms with Crippen molar-refractivity contribution in [1.82, 2.24) is 14.7 Å². The molecule has 2 fully saturated rings. The standard InChI is InChI=1S/C17H25N3O2/c1-18-9-11-19(12-10-18)16(14-5-3-2-4-6-14)17(22)20-8-7-15(21)13-20/h2-6,15-16,21H,7-13H2,1H3/t15-,16?/m1/s1. The number of likely N-dealkylation sites (tertiary alicyclic amines) is 1. The molecule has 0 spiro atoms. The zero-order valence-corrected chi connectivity index (χ0v) is 13.2. The van der Waals surface area contributed by atoms with Crippen molar-refractivity contribution in [2.45, 2.75) is 18.6 Å². The van der Waals surface area contributed by atoms with Gasteiger partial charge in [0.15, 0.2) is 0 Å². The van der Waals surface area contributed by atoms with Crippen molar-refractivity contribution in [3.8, 4) is 0 Å². The Morgan fingerprint density at radius 3 is 2.41 bits per heavy atom. The smallest absolute Gasteiger partial charge is 0.244 e. The van der Waals surface area contributed by atoms with E-state index in [0.717, 1.165) is 31.7 Å². The van der Waals surface area contributed by atoms with Crippen molar-refractivity contribution < 1.29 is 9.90 Å². The zero-order chi connectivity index (χ0) is 15.5. The highest BCUT2D eigenvalue weighted by Gasteiger charge is 2.35. The number of carbonyl (C=O) groups excluding carboxylic acids is 1. The fourth-order valence-corrected chi connectivity index (χ4v) is 3.34. The first-order chi connectivity index (χ1) is 10.6. The Kier molecular flexibility index (Phi) is 4.76. The molecule has 120 valence electrons. The summed E-state index contributed by atoms with van der Waals surface area (Å²) in [6, 6.07) is 9.81. The molecule has 1 amide bonds. The molecular weight excluding hydrogens is 278 g/mol. The van der Waals surface area contributed by atoms with E-state index in [1.54, 1.807) is 0 Å². The van der Waals surface area contributed by atoms with E-state index in [2.05, 4.69) is 16.8 Å². The fourth-order valence-electron chi connectivity index (χ4n) is 3.34. The summed E-state index contributed by atoms with van der Waals surface area (Å²) in [6.07, 6.45) is 0.323. The van der Waals surface area contributed by atoms with E-state index in [1.807, 2.05) is 35.2 Å². The van der Waals surface area contributed by atoms with Crippen molar-refractivity contribution in [3.05, 3.63) is 35.9 Å². The molecule has 1 unspecified atom stereocenters. The van der Waals surface area contributed by atoms with Crippen molar-refractivity contribution in [1.29, 1.82) is 0 Å². The molecule has 5 nitrogen and oxygen atoms in total. The summed E-state index contributed by atoms with van der Waals surface area (Å²) < 4.78 is 0. The van der Waals surface area contributed by atoms with Crippen LogP contribution in [0.5, 0.6) is 0 Å². The maximum atomic E-state index is 13.0. The summed E-state index contributed by atoms with van der Waals surface area (Å²) in [5.74, 6) is 0.132. The third kappa shape index (κ3) is 3.32. The van der Waals surface area contributed by atoms with Gasteiger partial charge in [0.2, 0.25) is 5.91 Å². The first-order valence-electron chi connectivity index (χ1n) is 8.09. The molecule has 22 heavy (non-hydrogen) atoms. The second-order valence-electron chi connectivity index (χ2n) is 6.38. The number of β-amino-alcohol motifs (C(OH)–C–C–N with tert-alkyl or cyclic N) is 1. The number of hydrogen-bond donors (Lipinski definition) is 1. The van der Waals surface area contributed by atoms with Crippen LogP contribution in [0.1, 0.15) is 18.0 Å². The van der Waals surface area contributed by atoms with Crippen LogP contribution in [-0.2, 0) is 4.79 Å². The van der Waals surface area contributed by atoms with Crippen molar-refractivity contribution in [2.75, 3.05) is 46.3 Å². The Balaban J connectivity index is 1.81. The van der Waals surface area contributed by atoms with Gasteiger partial charge in [-0.15, -0.1) is 0 Å². The lowest BCUT2D eigenvalue weighted by Gasteiger charge is -2.38. The van der Waals surface area contributed by atoms with Gasteiger partial charge in [0.05, 0.1) is 6.10 Å². The number of piperazine rings is 1. The quantitative estimate of drug-likeness (QED) is 0.887. The molecule has 0 bridgehead atoms. The Bertz CT molecular complexity index is 500. The van der Waals surface area contributed by atoms with Crippen LogP contribution in [-0.4, -0.2) is 78.1 Å². The third-order valence-corrected chi connectivity index (χ3v) is 4.73. The van der Waals surface area contributed by atoms with Gasteiger partial charge < -0.3 is 14.9 Å². The number of likely N-dealkylation sites (N-methyl/N-ethyl adjacent to an activating group) is 1. The van der Waals surface area contributed by atoms with Gasteiger partial charge in [-0.1, -0.05) is 30.3 Å². The number of aliphatic hydroxyl groups excluding tert-OH is 1. The highest BCUT2D eigenvalue weighted by molar-refractivity contribution is 5.83. The van der Waals surface area contributed by atoms with Crippen LogP contribution in [0.2, 0.25) is 0 Å². The van der Waals surface area contributed by atoms with Gasteiger partial charge in [0, 0.05) is 39.3 Å². The maximum Gasteiger partial charge on any atom is 0.244 e. The Labute approximate surface area is 132 Å². The second-order valence-corrected chi connectivity index (χ2v) is 6.38. The number of rotatable bonds is 3. The Morgan fingerprint density at radius 1 is 1.14 bits per heavy atom. The summed E-state index contributed by atoms with van der Waals surface area (Å²) in [5.41, 5.74) is 1.05. The van der Waals surface area contributed by atoms with E-state index in [0.29, 0.717) is 19.5 Å². The molecule has 1 N–H and O–H groups in total. The fraction of sp³-hybridized carbons (Fsp3) is 0.588. The lowest BCUT2D eigenvalue weighted by molar-refractivity contribution is -0.137. The molecule has 2 heterocycles. The molecule has 5 heteroatoms. The number of hydrogen-bond acceptors (Lipinski definition) is 4. The lowest BCUT2D eigenvalue weighted by Crippen LogP contribution is -2.50. The van der Waals surface area contributed by atoms with Crippen LogP contribution in [0.4, 0.5) is 0 Å². The Morgan fingerprint density at radius 2 is 1.82 bits per heavy atom. The van der Waals surface area contributed by atoms with E-state index in [4.69, 9.17) is 0 Å².